The molecule has 0 unspecified atom stereocenters. The van der Waals surface area contributed by atoms with E-state index in [1.54, 1.807) is 12.1 Å². The molecule has 162 valence electrons. The first-order chi connectivity index (χ1) is 14.3. The minimum atomic E-state index is -3.78. The van der Waals surface area contributed by atoms with Gasteiger partial charge in [0, 0.05) is 25.7 Å². The summed E-state index contributed by atoms with van der Waals surface area (Å²) in [6, 6.07) is 15.9. The molecule has 1 amide bonds. The number of hydrogen-bond donors (Lipinski definition) is 1. The summed E-state index contributed by atoms with van der Waals surface area (Å²) in [4.78, 5) is 12.4. The molecule has 0 aromatic heterocycles. The van der Waals surface area contributed by atoms with Gasteiger partial charge in [-0.3, -0.25) is 4.79 Å². The largest absolute Gasteiger partial charge is 0.352 e. The Labute approximate surface area is 177 Å². The van der Waals surface area contributed by atoms with Gasteiger partial charge in [0.25, 0.3) is 10.2 Å². The van der Waals surface area contributed by atoms with Gasteiger partial charge in [-0.15, -0.1) is 0 Å². The lowest BCUT2D eigenvalue weighted by molar-refractivity contribution is -0.122. The van der Waals surface area contributed by atoms with Crippen molar-refractivity contribution in [2.45, 2.75) is 38.8 Å². The number of amides is 1. The zero-order valence-electron chi connectivity index (χ0n) is 17.1. The molecule has 0 aliphatic carbocycles. The fourth-order valence-electron chi connectivity index (χ4n) is 3.56. The van der Waals surface area contributed by atoms with Crippen molar-refractivity contribution in [1.82, 2.24) is 13.9 Å². The third-order valence-electron chi connectivity index (χ3n) is 5.15. The molecule has 1 aliphatic rings. The van der Waals surface area contributed by atoms with Gasteiger partial charge in [-0.25, -0.2) is 4.39 Å². The number of halogens is 1. The lowest BCUT2D eigenvalue weighted by atomic mass is 10.1. The van der Waals surface area contributed by atoms with Gasteiger partial charge in [0.05, 0.1) is 6.54 Å². The van der Waals surface area contributed by atoms with Crippen LogP contribution in [-0.4, -0.2) is 48.6 Å². The summed E-state index contributed by atoms with van der Waals surface area (Å²) in [5.41, 5.74) is 1.78. The SMILES string of the molecule is C[C@H](CCc1ccccc1)NC(=O)CN1CCCN(Cc2cccc(F)c2)S1(=O)=O. The summed E-state index contributed by atoms with van der Waals surface area (Å²) in [6.07, 6.45) is 2.23. The standard InChI is InChI=1S/C22H28FN3O3S/c1-18(11-12-19-7-3-2-4-8-19)24-22(27)17-26-14-6-13-25(30(26,28)29)16-20-9-5-10-21(23)15-20/h2-5,7-10,15,18H,6,11-14,16-17H2,1H3,(H,24,27)/t18-/m1/s1. The highest BCUT2D eigenvalue weighted by molar-refractivity contribution is 7.86. The molecule has 1 saturated heterocycles. The summed E-state index contributed by atoms with van der Waals surface area (Å²) in [5.74, 6) is -0.714. The van der Waals surface area contributed by atoms with Crippen molar-refractivity contribution in [3.63, 3.8) is 0 Å². The van der Waals surface area contributed by atoms with Crippen molar-refractivity contribution in [2.75, 3.05) is 19.6 Å². The maximum atomic E-state index is 13.4. The average Bonchev–Trinajstić information content (AvgIpc) is 2.70. The van der Waals surface area contributed by atoms with Crippen molar-refractivity contribution in [3.8, 4) is 0 Å². The van der Waals surface area contributed by atoms with Crippen LogP contribution in [0.25, 0.3) is 0 Å². The van der Waals surface area contributed by atoms with E-state index in [-0.39, 0.29) is 25.0 Å². The van der Waals surface area contributed by atoms with Crippen LogP contribution in [0, 0.1) is 5.82 Å². The number of hydrogen-bond acceptors (Lipinski definition) is 3. The zero-order valence-corrected chi connectivity index (χ0v) is 17.9. The van der Waals surface area contributed by atoms with E-state index >= 15 is 0 Å². The Balaban J connectivity index is 1.53. The number of rotatable bonds is 8. The third kappa shape index (κ3) is 6.10. The van der Waals surface area contributed by atoms with Gasteiger partial charge in [-0.2, -0.15) is 17.0 Å². The van der Waals surface area contributed by atoms with Crippen LogP contribution >= 0.6 is 0 Å². The maximum Gasteiger partial charge on any atom is 0.282 e. The first kappa shape index (κ1) is 22.4. The van der Waals surface area contributed by atoms with Gasteiger partial charge in [0.2, 0.25) is 5.91 Å². The molecule has 2 aromatic carbocycles. The van der Waals surface area contributed by atoms with Crippen molar-refractivity contribution >= 4 is 16.1 Å². The molecular weight excluding hydrogens is 405 g/mol. The monoisotopic (exact) mass is 433 g/mol. The van der Waals surface area contributed by atoms with Crippen LogP contribution in [0.3, 0.4) is 0 Å². The molecule has 0 bridgehead atoms. The smallest absolute Gasteiger partial charge is 0.282 e. The highest BCUT2D eigenvalue weighted by Crippen LogP contribution is 2.19. The zero-order chi connectivity index (χ0) is 21.6. The van der Waals surface area contributed by atoms with E-state index in [0.29, 0.717) is 25.1 Å². The summed E-state index contributed by atoms with van der Waals surface area (Å²) >= 11 is 0. The predicted octanol–water partition coefficient (Wildman–Crippen LogP) is 2.72. The first-order valence-corrected chi connectivity index (χ1v) is 11.6. The summed E-state index contributed by atoms with van der Waals surface area (Å²) in [5, 5.41) is 2.89. The molecule has 30 heavy (non-hydrogen) atoms. The minimum absolute atomic E-state index is 0.0615. The molecule has 0 saturated carbocycles. The number of carbonyl (C=O) groups is 1. The Bertz CT molecular complexity index is 953. The number of nitrogens with one attached hydrogen (secondary N) is 1. The molecule has 0 radical (unpaired) electrons. The Morgan fingerprint density at radius 3 is 2.50 bits per heavy atom. The normalized spacial score (nSPS) is 18.1. The summed E-state index contributed by atoms with van der Waals surface area (Å²) in [6.45, 7) is 2.45. The first-order valence-electron chi connectivity index (χ1n) is 10.2. The molecule has 1 fully saturated rings. The highest BCUT2D eigenvalue weighted by Gasteiger charge is 2.34. The fourth-order valence-corrected chi connectivity index (χ4v) is 5.20. The average molecular weight is 434 g/mol. The topological polar surface area (TPSA) is 69.7 Å². The number of carbonyl (C=O) groups excluding carboxylic acids is 1. The second-order valence-electron chi connectivity index (χ2n) is 7.65. The van der Waals surface area contributed by atoms with Crippen LogP contribution in [0.1, 0.15) is 30.9 Å². The van der Waals surface area contributed by atoms with Gasteiger partial charge in [0.15, 0.2) is 0 Å². The number of benzene rings is 2. The number of nitrogens with zero attached hydrogens (tertiary/aromatic N) is 2. The molecule has 0 spiro atoms. The van der Waals surface area contributed by atoms with Crippen LogP contribution in [0.5, 0.6) is 0 Å². The Hall–Kier alpha value is -2.29. The van der Waals surface area contributed by atoms with Gasteiger partial charge < -0.3 is 5.32 Å². The summed E-state index contributed by atoms with van der Waals surface area (Å²) in [7, 11) is -3.78. The van der Waals surface area contributed by atoms with Crippen LogP contribution in [-0.2, 0) is 28.0 Å². The molecule has 1 atom stereocenters. The summed E-state index contributed by atoms with van der Waals surface area (Å²) < 4.78 is 41.8. The van der Waals surface area contributed by atoms with Crippen LogP contribution in [0.2, 0.25) is 0 Å². The Kier molecular flexibility index (Phi) is 7.58. The van der Waals surface area contributed by atoms with E-state index in [1.165, 1.54) is 26.3 Å². The van der Waals surface area contributed by atoms with E-state index < -0.39 is 16.0 Å². The van der Waals surface area contributed by atoms with Gasteiger partial charge in [-0.1, -0.05) is 42.5 Å². The van der Waals surface area contributed by atoms with E-state index in [4.69, 9.17) is 0 Å². The quantitative estimate of drug-likeness (QED) is 0.696. The second-order valence-corrected chi connectivity index (χ2v) is 9.58. The minimum Gasteiger partial charge on any atom is -0.352 e. The maximum absolute atomic E-state index is 13.4. The van der Waals surface area contributed by atoms with Gasteiger partial charge in [0.1, 0.15) is 5.82 Å². The van der Waals surface area contributed by atoms with E-state index in [9.17, 15) is 17.6 Å². The third-order valence-corrected chi connectivity index (χ3v) is 7.08. The predicted molar refractivity (Wildman–Crippen MR) is 114 cm³/mol. The number of aryl methyl sites for hydroxylation is 1. The van der Waals surface area contributed by atoms with Crippen molar-refractivity contribution in [2.24, 2.45) is 0 Å². The fraction of sp³-hybridized carbons (Fsp3) is 0.409. The molecule has 8 heteroatoms. The Morgan fingerprint density at radius 2 is 1.77 bits per heavy atom. The molecule has 1 N–H and O–H groups in total. The molecular formula is C22H28FN3O3S. The van der Waals surface area contributed by atoms with Crippen molar-refractivity contribution < 1.29 is 17.6 Å². The highest BCUT2D eigenvalue weighted by atomic mass is 32.2. The molecule has 1 heterocycles. The van der Waals surface area contributed by atoms with Crippen molar-refractivity contribution in [1.29, 1.82) is 0 Å². The van der Waals surface area contributed by atoms with E-state index in [0.717, 1.165) is 12.8 Å². The molecule has 6 nitrogen and oxygen atoms in total. The van der Waals surface area contributed by atoms with Crippen LogP contribution in [0.15, 0.2) is 54.6 Å². The lowest BCUT2D eigenvalue weighted by Crippen LogP contribution is -2.52. The van der Waals surface area contributed by atoms with Crippen molar-refractivity contribution in [3.05, 3.63) is 71.5 Å². The molecule has 2 aromatic rings. The molecule has 3 rings (SSSR count). The van der Waals surface area contributed by atoms with Gasteiger partial charge >= 0.3 is 0 Å². The van der Waals surface area contributed by atoms with E-state index in [2.05, 4.69) is 5.32 Å². The Morgan fingerprint density at radius 1 is 1.07 bits per heavy atom. The second kappa shape index (κ2) is 10.1. The van der Waals surface area contributed by atoms with Crippen LogP contribution in [0.4, 0.5) is 4.39 Å². The van der Waals surface area contributed by atoms with Crippen LogP contribution < -0.4 is 5.32 Å². The van der Waals surface area contributed by atoms with Gasteiger partial charge in [-0.05, 0) is 49.4 Å². The molecule has 1 aliphatic heterocycles. The van der Waals surface area contributed by atoms with E-state index in [1.807, 2.05) is 37.3 Å². The lowest BCUT2D eigenvalue weighted by Gasteiger charge is -2.34.